The van der Waals surface area contributed by atoms with Crippen LogP contribution in [0.2, 0.25) is 5.02 Å². The van der Waals surface area contributed by atoms with Gasteiger partial charge in [-0.1, -0.05) is 37.6 Å². The monoisotopic (exact) mass is 483 g/mol. The number of aromatic nitrogens is 1. The molecule has 7 nitrogen and oxygen atoms in total. The second-order valence-electron chi connectivity index (χ2n) is 9.62. The molecular formula is C26H30ClN3O4. The molecule has 0 saturated carbocycles. The summed E-state index contributed by atoms with van der Waals surface area (Å²) in [5, 5.41) is 4.37. The molecule has 2 amide bonds. The van der Waals surface area contributed by atoms with Gasteiger partial charge in [0.15, 0.2) is 0 Å². The molecule has 0 spiro atoms. The van der Waals surface area contributed by atoms with Crippen molar-refractivity contribution >= 4 is 34.4 Å². The lowest BCUT2D eigenvalue weighted by atomic mass is 9.94. The van der Waals surface area contributed by atoms with E-state index in [0.717, 1.165) is 5.56 Å². The smallest absolute Gasteiger partial charge is 0.407 e. The number of amides is 2. The van der Waals surface area contributed by atoms with Gasteiger partial charge in [0.25, 0.3) is 5.56 Å². The van der Waals surface area contributed by atoms with E-state index in [-0.39, 0.29) is 23.6 Å². The number of nitrogens with two attached hydrogens (primary N) is 1. The predicted octanol–water partition coefficient (Wildman–Crippen LogP) is 5.10. The lowest BCUT2D eigenvalue weighted by molar-refractivity contribution is 0.0522. The fourth-order valence-corrected chi connectivity index (χ4v) is 3.93. The molecule has 34 heavy (non-hydrogen) atoms. The first kappa shape index (κ1) is 25.3. The largest absolute Gasteiger partial charge is 0.444 e. The maximum Gasteiger partial charge on any atom is 0.407 e. The van der Waals surface area contributed by atoms with Crippen LogP contribution in [0.25, 0.3) is 21.9 Å². The van der Waals surface area contributed by atoms with E-state index in [1.165, 1.54) is 0 Å². The van der Waals surface area contributed by atoms with Crippen LogP contribution in [0, 0.1) is 5.92 Å². The number of alkyl carbamates (subject to hydrolysis) is 1. The number of carbonyl (C=O) groups excluding carboxylic acids is 2. The van der Waals surface area contributed by atoms with Crippen molar-refractivity contribution < 1.29 is 14.3 Å². The molecule has 3 rings (SSSR count). The SMILES string of the molecule is CC(C)Cn1c(CNC(=O)OC(C)(C)C)c(-c2ccc(Cl)cc2)c2cc(C(N)=O)ccc2c1=O. The van der Waals surface area contributed by atoms with Crippen molar-refractivity contribution in [1.29, 1.82) is 0 Å². The Morgan fingerprint density at radius 3 is 2.29 bits per heavy atom. The molecule has 0 aliphatic carbocycles. The highest BCUT2D eigenvalue weighted by atomic mass is 35.5. The zero-order valence-corrected chi connectivity index (χ0v) is 20.8. The van der Waals surface area contributed by atoms with Crippen molar-refractivity contribution in [2.24, 2.45) is 11.7 Å². The minimum atomic E-state index is -0.666. The van der Waals surface area contributed by atoms with Crippen molar-refractivity contribution in [2.45, 2.75) is 53.3 Å². The molecule has 1 aromatic heterocycles. The third kappa shape index (κ3) is 5.78. The number of nitrogens with zero attached hydrogens (tertiary/aromatic N) is 1. The van der Waals surface area contributed by atoms with Gasteiger partial charge < -0.3 is 20.4 Å². The van der Waals surface area contributed by atoms with Crippen molar-refractivity contribution in [2.75, 3.05) is 0 Å². The van der Waals surface area contributed by atoms with Gasteiger partial charge in [-0.3, -0.25) is 9.59 Å². The van der Waals surface area contributed by atoms with Crippen molar-refractivity contribution in [3.63, 3.8) is 0 Å². The highest BCUT2D eigenvalue weighted by Crippen LogP contribution is 2.33. The van der Waals surface area contributed by atoms with Crippen LogP contribution in [0.1, 0.15) is 50.7 Å². The van der Waals surface area contributed by atoms with E-state index in [1.54, 1.807) is 55.7 Å². The maximum absolute atomic E-state index is 13.6. The summed E-state index contributed by atoms with van der Waals surface area (Å²) >= 11 is 6.12. The van der Waals surface area contributed by atoms with Gasteiger partial charge in [0.2, 0.25) is 5.91 Å². The molecule has 0 bridgehead atoms. The summed E-state index contributed by atoms with van der Waals surface area (Å²) in [6.45, 7) is 9.86. The molecular weight excluding hydrogens is 454 g/mol. The van der Waals surface area contributed by atoms with E-state index >= 15 is 0 Å². The Kier molecular flexibility index (Phi) is 7.36. The van der Waals surface area contributed by atoms with Gasteiger partial charge in [-0.05, 0) is 68.0 Å². The van der Waals surface area contributed by atoms with E-state index in [9.17, 15) is 14.4 Å². The fraction of sp³-hybridized carbons (Fsp3) is 0.346. The van der Waals surface area contributed by atoms with Crippen LogP contribution in [0.5, 0.6) is 0 Å². The first-order chi connectivity index (χ1) is 15.9. The standard InChI is InChI=1S/C26H30ClN3O4/c1-15(2)14-30-21(13-29-25(33)34-26(3,4)5)22(16-6-9-18(27)10-7-16)20-12-17(23(28)31)8-11-19(20)24(30)32/h6-12,15H,13-14H2,1-5H3,(H2,28,31)(H,29,33). The third-order valence-electron chi connectivity index (χ3n) is 5.14. The molecule has 2 aromatic carbocycles. The Bertz CT molecular complexity index is 1290. The Balaban J connectivity index is 2.32. The van der Waals surface area contributed by atoms with Crippen LogP contribution in [0.15, 0.2) is 47.3 Å². The average Bonchev–Trinajstić information content (AvgIpc) is 2.73. The highest BCUT2D eigenvalue weighted by Gasteiger charge is 2.22. The maximum atomic E-state index is 13.6. The third-order valence-corrected chi connectivity index (χ3v) is 5.40. The normalized spacial score (nSPS) is 11.6. The minimum Gasteiger partial charge on any atom is -0.444 e. The molecule has 0 saturated heterocycles. The molecule has 8 heteroatoms. The van der Waals surface area contributed by atoms with E-state index in [2.05, 4.69) is 5.32 Å². The van der Waals surface area contributed by atoms with E-state index < -0.39 is 17.6 Å². The van der Waals surface area contributed by atoms with Gasteiger partial charge in [-0.25, -0.2) is 4.79 Å². The van der Waals surface area contributed by atoms with Crippen LogP contribution in [-0.4, -0.2) is 22.2 Å². The minimum absolute atomic E-state index is 0.0472. The number of halogens is 1. The Morgan fingerprint density at radius 2 is 1.74 bits per heavy atom. The summed E-state index contributed by atoms with van der Waals surface area (Å²) in [5.41, 5.74) is 7.04. The lowest BCUT2D eigenvalue weighted by Crippen LogP contribution is -2.35. The van der Waals surface area contributed by atoms with E-state index in [1.807, 2.05) is 26.0 Å². The number of benzene rings is 2. The van der Waals surface area contributed by atoms with E-state index in [0.29, 0.717) is 33.6 Å². The van der Waals surface area contributed by atoms with Crippen LogP contribution in [0.3, 0.4) is 0 Å². The first-order valence-corrected chi connectivity index (χ1v) is 11.5. The molecule has 0 unspecified atom stereocenters. The highest BCUT2D eigenvalue weighted by molar-refractivity contribution is 6.30. The van der Waals surface area contributed by atoms with Crippen LogP contribution in [0.4, 0.5) is 4.79 Å². The van der Waals surface area contributed by atoms with Crippen LogP contribution in [-0.2, 0) is 17.8 Å². The molecule has 1 heterocycles. The molecule has 180 valence electrons. The molecule has 0 radical (unpaired) electrons. The number of primary amides is 1. The number of hydrogen-bond acceptors (Lipinski definition) is 4. The van der Waals surface area contributed by atoms with Crippen LogP contribution < -0.4 is 16.6 Å². The second-order valence-corrected chi connectivity index (χ2v) is 10.1. The number of nitrogens with one attached hydrogen (secondary N) is 1. The molecule has 0 atom stereocenters. The predicted molar refractivity (Wildman–Crippen MR) is 135 cm³/mol. The quantitative estimate of drug-likeness (QED) is 0.508. The van der Waals surface area contributed by atoms with Crippen LogP contribution >= 0.6 is 11.6 Å². The van der Waals surface area contributed by atoms with Gasteiger partial charge in [0.1, 0.15) is 5.60 Å². The summed E-state index contributed by atoms with van der Waals surface area (Å²) in [4.78, 5) is 37.9. The van der Waals surface area contributed by atoms with Gasteiger partial charge in [-0.2, -0.15) is 0 Å². The Labute approximate surface area is 203 Å². The molecule has 3 N–H and O–H groups in total. The molecule has 0 fully saturated rings. The van der Waals surface area contributed by atoms with E-state index in [4.69, 9.17) is 22.1 Å². The average molecular weight is 484 g/mol. The Morgan fingerprint density at radius 1 is 1.09 bits per heavy atom. The van der Waals surface area contributed by atoms with Gasteiger partial charge in [0, 0.05) is 33.8 Å². The van der Waals surface area contributed by atoms with Crippen molar-refractivity contribution in [3.05, 3.63) is 69.1 Å². The fourth-order valence-electron chi connectivity index (χ4n) is 3.80. The summed E-state index contributed by atoms with van der Waals surface area (Å²) < 4.78 is 7.07. The number of pyridine rings is 1. The number of hydrogen-bond donors (Lipinski definition) is 2. The topological polar surface area (TPSA) is 103 Å². The number of carbonyl (C=O) groups is 2. The molecule has 0 aliphatic rings. The molecule has 0 aliphatic heterocycles. The van der Waals surface area contributed by atoms with Gasteiger partial charge in [0.05, 0.1) is 6.54 Å². The van der Waals surface area contributed by atoms with Crippen molar-refractivity contribution in [3.8, 4) is 11.1 Å². The summed E-state index contributed by atoms with van der Waals surface area (Å²) in [6, 6.07) is 12.0. The summed E-state index contributed by atoms with van der Waals surface area (Å²) in [7, 11) is 0. The summed E-state index contributed by atoms with van der Waals surface area (Å²) in [5.74, 6) is -0.429. The van der Waals surface area contributed by atoms with Gasteiger partial charge >= 0.3 is 6.09 Å². The molecule has 3 aromatic rings. The second kappa shape index (κ2) is 9.89. The van der Waals surface area contributed by atoms with Gasteiger partial charge in [-0.15, -0.1) is 0 Å². The number of fused-ring (bicyclic) bond motifs is 1. The summed E-state index contributed by atoms with van der Waals surface area (Å²) in [6.07, 6.45) is -0.593. The first-order valence-electron chi connectivity index (χ1n) is 11.1. The number of rotatable bonds is 6. The number of ether oxygens (including phenoxy) is 1. The lowest BCUT2D eigenvalue weighted by Gasteiger charge is -2.23. The zero-order valence-electron chi connectivity index (χ0n) is 20.1. The Hall–Kier alpha value is -3.32. The zero-order chi connectivity index (χ0) is 25.2. The van der Waals surface area contributed by atoms with Crippen molar-refractivity contribution in [1.82, 2.24) is 9.88 Å².